The predicted octanol–water partition coefficient (Wildman–Crippen LogP) is 6.82. The number of rotatable bonds is 7. The third kappa shape index (κ3) is 4.70. The molecule has 35 heavy (non-hydrogen) atoms. The maximum Gasteiger partial charge on any atom is 0.255 e. The second kappa shape index (κ2) is 9.67. The largest absolute Gasteiger partial charge is 0.384 e. The average molecular weight is 551 g/mol. The van der Waals surface area contributed by atoms with E-state index in [1.165, 1.54) is 6.07 Å². The molecule has 0 aromatic heterocycles. The number of halogens is 5. The van der Waals surface area contributed by atoms with Crippen molar-refractivity contribution in [2.75, 3.05) is 17.2 Å². The van der Waals surface area contributed by atoms with Crippen LogP contribution in [0.3, 0.4) is 0 Å². The van der Waals surface area contributed by atoms with Crippen molar-refractivity contribution in [3.8, 4) is 6.07 Å². The van der Waals surface area contributed by atoms with Gasteiger partial charge in [0, 0.05) is 23.7 Å². The van der Waals surface area contributed by atoms with Gasteiger partial charge in [-0.25, -0.2) is 4.39 Å². The van der Waals surface area contributed by atoms with E-state index >= 15 is 0 Å². The molecule has 3 aromatic carbocycles. The molecule has 10 heteroatoms. The van der Waals surface area contributed by atoms with Gasteiger partial charge in [-0.3, -0.25) is 4.79 Å². The summed E-state index contributed by atoms with van der Waals surface area (Å²) in [5.41, 5.74) is 0.558. The molecule has 4 rings (SSSR count). The zero-order valence-corrected chi connectivity index (χ0v) is 20.8. The maximum absolute atomic E-state index is 13.4. The molecule has 0 spiro atoms. The van der Waals surface area contributed by atoms with Crippen molar-refractivity contribution in [1.29, 1.82) is 5.26 Å². The molecule has 5 nitrogen and oxygen atoms in total. The lowest BCUT2D eigenvalue weighted by molar-refractivity contribution is -0.112. The van der Waals surface area contributed by atoms with Crippen LogP contribution in [-0.4, -0.2) is 23.1 Å². The Kier molecular flexibility index (Phi) is 6.99. The standard InChI is InChI=1S/C25H16Cl4FN3O2/c26-19-6-4-14(10-20(19)27)22-24(13-34,25(22,28)29)12-32-18-3-1-2-15(9-18)23(35)33-21-7-5-17(30)8-16(21)11-31/h1-10,13,22,32H,12H2,(H,33,35). The monoisotopic (exact) mass is 549 g/mol. The molecule has 2 unspecified atom stereocenters. The average Bonchev–Trinajstić information content (AvgIpc) is 3.35. The summed E-state index contributed by atoms with van der Waals surface area (Å²) >= 11 is 25.2. The molecule has 0 aliphatic heterocycles. The minimum absolute atomic E-state index is 0.00296. The lowest BCUT2D eigenvalue weighted by Crippen LogP contribution is -2.23. The molecule has 1 fully saturated rings. The first-order valence-corrected chi connectivity index (χ1v) is 11.8. The highest BCUT2D eigenvalue weighted by Crippen LogP contribution is 2.73. The number of anilines is 2. The van der Waals surface area contributed by atoms with Crippen molar-refractivity contribution in [2.24, 2.45) is 5.41 Å². The van der Waals surface area contributed by atoms with Gasteiger partial charge in [0.1, 0.15) is 22.5 Å². The number of carbonyl (C=O) groups is 2. The number of carbonyl (C=O) groups excluding carboxylic acids is 2. The van der Waals surface area contributed by atoms with Crippen molar-refractivity contribution >= 4 is 70.0 Å². The van der Waals surface area contributed by atoms with Crippen molar-refractivity contribution in [1.82, 2.24) is 0 Å². The molecule has 178 valence electrons. The number of nitrogens with zero attached hydrogens (tertiary/aromatic N) is 1. The van der Waals surface area contributed by atoms with Gasteiger partial charge in [0.05, 0.1) is 26.7 Å². The van der Waals surface area contributed by atoms with Gasteiger partial charge in [-0.15, -0.1) is 0 Å². The molecule has 2 atom stereocenters. The highest BCUT2D eigenvalue weighted by molar-refractivity contribution is 6.54. The van der Waals surface area contributed by atoms with Gasteiger partial charge < -0.3 is 15.4 Å². The van der Waals surface area contributed by atoms with E-state index in [9.17, 15) is 19.2 Å². The van der Waals surface area contributed by atoms with Crippen LogP contribution >= 0.6 is 46.4 Å². The molecule has 1 saturated carbocycles. The van der Waals surface area contributed by atoms with Gasteiger partial charge in [-0.1, -0.05) is 58.5 Å². The summed E-state index contributed by atoms with van der Waals surface area (Å²) in [5, 5.41) is 15.6. The molecule has 2 N–H and O–H groups in total. The minimum atomic E-state index is -1.37. The third-order valence-electron chi connectivity index (χ3n) is 5.96. The van der Waals surface area contributed by atoms with Gasteiger partial charge in [-0.05, 0) is 54.1 Å². The lowest BCUT2D eigenvalue weighted by atomic mass is 10.00. The number of hydrogen-bond acceptors (Lipinski definition) is 4. The van der Waals surface area contributed by atoms with Gasteiger partial charge in [0.25, 0.3) is 5.91 Å². The number of nitrogens with one attached hydrogen (secondary N) is 2. The molecular formula is C25H16Cl4FN3O2. The second-order valence-corrected chi connectivity index (χ2v) is 10.3. The van der Waals surface area contributed by atoms with E-state index in [0.29, 0.717) is 21.3 Å². The summed E-state index contributed by atoms with van der Waals surface area (Å²) in [5.74, 6) is -1.60. The number of nitriles is 1. The number of amides is 1. The summed E-state index contributed by atoms with van der Waals surface area (Å²) < 4.78 is 12.0. The van der Waals surface area contributed by atoms with E-state index in [4.69, 9.17) is 46.4 Å². The topological polar surface area (TPSA) is 82.0 Å². The Hall–Kier alpha value is -2.82. The zero-order valence-electron chi connectivity index (χ0n) is 17.8. The van der Waals surface area contributed by atoms with Crippen LogP contribution in [0.5, 0.6) is 0 Å². The highest BCUT2D eigenvalue weighted by Gasteiger charge is 2.76. The normalized spacial score (nSPS) is 19.9. The van der Waals surface area contributed by atoms with Crippen molar-refractivity contribution in [3.63, 3.8) is 0 Å². The Bertz CT molecular complexity index is 1380. The smallest absolute Gasteiger partial charge is 0.255 e. The predicted molar refractivity (Wildman–Crippen MR) is 136 cm³/mol. The van der Waals surface area contributed by atoms with E-state index in [2.05, 4.69) is 10.6 Å². The molecule has 1 amide bonds. The van der Waals surface area contributed by atoms with E-state index < -0.39 is 27.4 Å². The summed E-state index contributed by atoms with van der Waals surface area (Å²) in [6, 6.07) is 16.8. The lowest BCUT2D eigenvalue weighted by Gasteiger charge is -2.15. The molecule has 1 aliphatic carbocycles. The highest BCUT2D eigenvalue weighted by atomic mass is 35.5. The Morgan fingerprint density at radius 1 is 1.09 bits per heavy atom. The molecular weight excluding hydrogens is 535 g/mol. The van der Waals surface area contributed by atoms with Crippen LogP contribution in [0.15, 0.2) is 60.7 Å². The number of hydrogen-bond donors (Lipinski definition) is 2. The van der Waals surface area contributed by atoms with Crippen molar-refractivity contribution < 1.29 is 14.0 Å². The van der Waals surface area contributed by atoms with Gasteiger partial charge >= 0.3 is 0 Å². The Balaban J connectivity index is 1.51. The van der Waals surface area contributed by atoms with E-state index in [-0.39, 0.29) is 23.4 Å². The molecule has 3 aromatic rings. The number of alkyl halides is 2. The van der Waals surface area contributed by atoms with Crippen molar-refractivity contribution in [2.45, 2.75) is 10.3 Å². The van der Waals surface area contributed by atoms with Crippen LogP contribution < -0.4 is 10.6 Å². The van der Waals surface area contributed by atoms with Crippen molar-refractivity contribution in [3.05, 3.63) is 93.2 Å². The number of benzene rings is 3. The van der Waals surface area contributed by atoms with Crippen LogP contribution in [0.4, 0.5) is 15.8 Å². The van der Waals surface area contributed by atoms with E-state index in [1.807, 2.05) is 6.07 Å². The third-order valence-corrected chi connectivity index (χ3v) is 7.84. The molecule has 1 aliphatic rings. The Labute approximate surface area is 220 Å². The first-order chi connectivity index (χ1) is 16.6. The van der Waals surface area contributed by atoms with E-state index in [0.717, 1.165) is 18.4 Å². The quantitative estimate of drug-likeness (QED) is 0.249. The van der Waals surface area contributed by atoms with Crippen LogP contribution in [-0.2, 0) is 4.79 Å². The summed E-state index contributed by atoms with van der Waals surface area (Å²) in [6.45, 7) is 0.0933. The van der Waals surface area contributed by atoms with Gasteiger partial charge in [0.2, 0.25) is 0 Å². The fourth-order valence-corrected chi connectivity index (χ4v) is 5.29. The Morgan fingerprint density at radius 2 is 1.86 bits per heavy atom. The fourth-order valence-electron chi connectivity index (χ4n) is 4.01. The zero-order chi connectivity index (χ0) is 25.4. The summed E-state index contributed by atoms with van der Waals surface area (Å²) in [6.07, 6.45) is 0.724. The van der Waals surface area contributed by atoms with Crippen LogP contribution in [0.1, 0.15) is 27.4 Å². The first kappa shape index (κ1) is 25.3. The Morgan fingerprint density at radius 3 is 2.54 bits per heavy atom. The van der Waals surface area contributed by atoms with Crippen LogP contribution in [0, 0.1) is 22.6 Å². The molecule has 0 heterocycles. The second-order valence-electron chi connectivity index (χ2n) is 8.08. The molecule has 0 saturated heterocycles. The van der Waals surface area contributed by atoms with Gasteiger partial charge in [-0.2, -0.15) is 5.26 Å². The first-order valence-electron chi connectivity index (χ1n) is 10.3. The fraction of sp³-hybridized carbons (Fsp3) is 0.160. The van der Waals surface area contributed by atoms with Crippen LogP contribution in [0.25, 0.3) is 0 Å². The molecule has 0 bridgehead atoms. The minimum Gasteiger partial charge on any atom is -0.384 e. The van der Waals surface area contributed by atoms with E-state index in [1.54, 1.807) is 42.5 Å². The maximum atomic E-state index is 13.4. The van der Waals surface area contributed by atoms with Gasteiger partial charge in [0.15, 0.2) is 0 Å². The SMILES string of the molecule is N#Cc1cc(F)ccc1NC(=O)c1cccc(NCC2(C=O)C(c3ccc(Cl)c(Cl)c3)C2(Cl)Cl)c1. The summed E-state index contributed by atoms with van der Waals surface area (Å²) in [4.78, 5) is 24.9. The summed E-state index contributed by atoms with van der Waals surface area (Å²) in [7, 11) is 0. The number of aldehydes is 1. The molecule has 0 radical (unpaired) electrons. The van der Waals surface area contributed by atoms with Crippen LogP contribution in [0.2, 0.25) is 10.0 Å².